The zero-order valence-electron chi connectivity index (χ0n) is 13.2. The molecular weight excluding hydrogens is 280 g/mol. The summed E-state index contributed by atoms with van der Waals surface area (Å²) in [5.41, 5.74) is -0.553. The molecule has 4 bridgehead atoms. The van der Waals surface area contributed by atoms with Gasteiger partial charge in [0.05, 0.1) is 5.92 Å². The van der Waals surface area contributed by atoms with E-state index in [1.165, 1.54) is 12.8 Å². The average molecular weight is 306 g/mol. The number of carbonyl (C=O) groups excluding carboxylic acids is 2. The van der Waals surface area contributed by atoms with Crippen molar-refractivity contribution in [2.24, 2.45) is 23.7 Å². The van der Waals surface area contributed by atoms with Crippen LogP contribution in [0.4, 0.5) is 0 Å². The van der Waals surface area contributed by atoms with Crippen LogP contribution in [0, 0.1) is 23.7 Å². The average Bonchev–Trinajstić information content (AvgIpc) is 2.47. The third-order valence-corrected chi connectivity index (χ3v) is 6.62. The van der Waals surface area contributed by atoms with Gasteiger partial charge in [0, 0.05) is 0 Å². The topological polar surface area (TPSA) is 52.6 Å². The highest BCUT2D eigenvalue weighted by Crippen LogP contribution is 2.60. The first kappa shape index (κ1) is 14.5. The van der Waals surface area contributed by atoms with Crippen molar-refractivity contribution in [1.82, 2.24) is 0 Å². The van der Waals surface area contributed by atoms with Crippen LogP contribution in [-0.2, 0) is 19.1 Å². The monoisotopic (exact) mass is 306 g/mol. The second-order valence-electron chi connectivity index (χ2n) is 8.06. The molecule has 0 heterocycles. The molecule has 122 valence electrons. The SMILES string of the molecule is O=COC12CC3CC(CC(C3)C1C(=O)OC1CCCCC1)C2. The van der Waals surface area contributed by atoms with Gasteiger partial charge in [-0.05, 0) is 75.5 Å². The highest BCUT2D eigenvalue weighted by molar-refractivity contribution is 5.75. The van der Waals surface area contributed by atoms with Crippen LogP contribution in [0.15, 0.2) is 0 Å². The Morgan fingerprint density at radius 3 is 2.32 bits per heavy atom. The van der Waals surface area contributed by atoms with Crippen LogP contribution in [0.3, 0.4) is 0 Å². The van der Waals surface area contributed by atoms with Crippen molar-refractivity contribution in [2.45, 2.75) is 75.9 Å². The molecule has 0 spiro atoms. The van der Waals surface area contributed by atoms with Gasteiger partial charge < -0.3 is 9.47 Å². The second-order valence-corrected chi connectivity index (χ2v) is 8.06. The fourth-order valence-electron chi connectivity index (χ4n) is 6.06. The van der Waals surface area contributed by atoms with Gasteiger partial charge in [-0.25, -0.2) is 0 Å². The summed E-state index contributed by atoms with van der Waals surface area (Å²) in [6, 6.07) is 0. The molecule has 3 unspecified atom stereocenters. The van der Waals surface area contributed by atoms with E-state index in [2.05, 4.69) is 0 Å². The lowest BCUT2D eigenvalue weighted by atomic mass is 9.49. The summed E-state index contributed by atoms with van der Waals surface area (Å²) in [6.45, 7) is 0.564. The molecule has 4 nitrogen and oxygen atoms in total. The molecule has 3 atom stereocenters. The molecule has 5 saturated carbocycles. The maximum Gasteiger partial charge on any atom is 0.313 e. The van der Waals surface area contributed by atoms with E-state index in [4.69, 9.17) is 9.47 Å². The van der Waals surface area contributed by atoms with Crippen molar-refractivity contribution in [1.29, 1.82) is 0 Å². The van der Waals surface area contributed by atoms with E-state index < -0.39 is 5.60 Å². The van der Waals surface area contributed by atoms with E-state index in [1.807, 2.05) is 0 Å². The lowest BCUT2D eigenvalue weighted by molar-refractivity contribution is -0.212. The third-order valence-electron chi connectivity index (χ3n) is 6.62. The molecule has 5 fully saturated rings. The molecule has 0 radical (unpaired) electrons. The number of esters is 1. The highest BCUT2D eigenvalue weighted by Gasteiger charge is 2.62. The largest absolute Gasteiger partial charge is 0.462 e. The Balaban J connectivity index is 1.53. The van der Waals surface area contributed by atoms with Gasteiger partial charge in [0.2, 0.25) is 0 Å². The van der Waals surface area contributed by atoms with Crippen LogP contribution < -0.4 is 0 Å². The fourth-order valence-corrected chi connectivity index (χ4v) is 6.06. The third kappa shape index (κ3) is 2.35. The van der Waals surface area contributed by atoms with Crippen LogP contribution in [-0.4, -0.2) is 24.1 Å². The van der Waals surface area contributed by atoms with E-state index in [0.717, 1.165) is 51.4 Å². The minimum Gasteiger partial charge on any atom is -0.462 e. The zero-order chi connectivity index (χ0) is 15.2. The van der Waals surface area contributed by atoms with Crippen molar-refractivity contribution in [2.75, 3.05) is 0 Å². The Labute approximate surface area is 131 Å². The minimum atomic E-state index is -0.553. The summed E-state index contributed by atoms with van der Waals surface area (Å²) in [5.74, 6) is 1.33. The van der Waals surface area contributed by atoms with Crippen LogP contribution >= 0.6 is 0 Å². The van der Waals surface area contributed by atoms with Gasteiger partial charge in [0.15, 0.2) is 0 Å². The Bertz CT molecular complexity index is 440. The molecule has 22 heavy (non-hydrogen) atoms. The van der Waals surface area contributed by atoms with Crippen molar-refractivity contribution >= 4 is 12.4 Å². The standard InChI is InChI=1S/C18H26O4/c19-11-21-18-9-12-6-13(10-18)8-14(7-12)16(18)17(20)22-15-4-2-1-3-5-15/h11-16H,1-10H2. The van der Waals surface area contributed by atoms with Crippen LogP contribution in [0.2, 0.25) is 0 Å². The number of ether oxygens (including phenoxy) is 2. The van der Waals surface area contributed by atoms with Gasteiger partial charge >= 0.3 is 5.97 Å². The van der Waals surface area contributed by atoms with Crippen LogP contribution in [0.25, 0.3) is 0 Å². The van der Waals surface area contributed by atoms with E-state index in [0.29, 0.717) is 24.2 Å². The molecule has 0 aromatic rings. The summed E-state index contributed by atoms with van der Waals surface area (Å²) >= 11 is 0. The van der Waals surface area contributed by atoms with E-state index >= 15 is 0 Å². The number of rotatable bonds is 4. The molecule has 4 heteroatoms. The molecule has 0 aromatic carbocycles. The quantitative estimate of drug-likeness (QED) is 0.591. The predicted molar refractivity (Wildman–Crippen MR) is 79.9 cm³/mol. The summed E-state index contributed by atoms with van der Waals surface area (Å²) < 4.78 is 11.4. The minimum absolute atomic E-state index is 0.0856. The van der Waals surface area contributed by atoms with E-state index in [1.54, 1.807) is 0 Å². The molecule has 0 saturated heterocycles. The Hall–Kier alpha value is -1.06. The number of carbonyl (C=O) groups is 2. The van der Waals surface area contributed by atoms with Crippen LogP contribution in [0.1, 0.15) is 64.2 Å². The smallest absolute Gasteiger partial charge is 0.313 e. The Morgan fingerprint density at radius 2 is 1.68 bits per heavy atom. The summed E-state index contributed by atoms with van der Waals surface area (Å²) in [4.78, 5) is 23.9. The van der Waals surface area contributed by atoms with E-state index in [9.17, 15) is 9.59 Å². The zero-order valence-corrected chi connectivity index (χ0v) is 13.2. The molecule has 0 amide bonds. The Kier molecular flexibility index (Phi) is 3.66. The maximum absolute atomic E-state index is 12.9. The molecule has 5 rings (SSSR count). The number of hydrogen-bond acceptors (Lipinski definition) is 4. The van der Waals surface area contributed by atoms with Gasteiger partial charge in [0.25, 0.3) is 6.47 Å². The summed E-state index contributed by atoms with van der Waals surface area (Å²) in [5, 5.41) is 0. The van der Waals surface area contributed by atoms with Gasteiger partial charge in [-0.1, -0.05) is 6.42 Å². The van der Waals surface area contributed by atoms with Gasteiger partial charge in [-0.15, -0.1) is 0 Å². The predicted octanol–water partition coefficient (Wildman–Crippen LogP) is 3.23. The molecule has 0 N–H and O–H groups in total. The lowest BCUT2D eigenvalue weighted by Crippen LogP contribution is -2.61. The molecule has 5 aliphatic rings. The van der Waals surface area contributed by atoms with Crippen molar-refractivity contribution < 1.29 is 19.1 Å². The first-order valence-electron chi connectivity index (χ1n) is 9.02. The normalized spacial score (nSPS) is 43.8. The van der Waals surface area contributed by atoms with Gasteiger partial charge in [-0.3, -0.25) is 9.59 Å². The molecule has 0 aromatic heterocycles. The van der Waals surface area contributed by atoms with E-state index in [-0.39, 0.29) is 18.0 Å². The van der Waals surface area contributed by atoms with Crippen molar-refractivity contribution in [3.8, 4) is 0 Å². The maximum atomic E-state index is 12.9. The highest BCUT2D eigenvalue weighted by atomic mass is 16.6. The first-order valence-corrected chi connectivity index (χ1v) is 9.02. The molecule has 5 aliphatic carbocycles. The summed E-state index contributed by atoms with van der Waals surface area (Å²) in [7, 11) is 0. The number of hydrogen-bond donors (Lipinski definition) is 0. The first-order chi connectivity index (χ1) is 10.7. The van der Waals surface area contributed by atoms with Crippen molar-refractivity contribution in [3.05, 3.63) is 0 Å². The molecular formula is C18H26O4. The van der Waals surface area contributed by atoms with Gasteiger partial charge in [-0.2, -0.15) is 0 Å². The fraction of sp³-hybridized carbons (Fsp3) is 0.889. The summed E-state index contributed by atoms with van der Waals surface area (Å²) in [6.07, 6.45) is 10.9. The molecule has 0 aliphatic heterocycles. The lowest BCUT2D eigenvalue weighted by Gasteiger charge is -2.58. The second kappa shape index (κ2) is 5.54. The van der Waals surface area contributed by atoms with Gasteiger partial charge in [0.1, 0.15) is 11.7 Å². The Morgan fingerprint density at radius 1 is 1.00 bits per heavy atom. The van der Waals surface area contributed by atoms with Crippen LogP contribution in [0.5, 0.6) is 0 Å². The van der Waals surface area contributed by atoms with Crippen molar-refractivity contribution in [3.63, 3.8) is 0 Å².